The van der Waals surface area contributed by atoms with Gasteiger partial charge in [0.2, 0.25) is 0 Å². The van der Waals surface area contributed by atoms with Crippen molar-refractivity contribution in [1.82, 2.24) is 10.2 Å². The number of amides is 3. The van der Waals surface area contributed by atoms with Crippen molar-refractivity contribution in [1.29, 1.82) is 0 Å². The van der Waals surface area contributed by atoms with E-state index in [-0.39, 0.29) is 29.4 Å². The second-order valence-corrected chi connectivity index (χ2v) is 7.48. The maximum atomic E-state index is 12.7. The first kappa shape index (κ1) is 20.6. The average Bonchev–Trinajstić information content (AvgIpc) is 2.87. The summed E-state index contributed by atoms with van der Waals surface area (Å²) in [7, 11) is 0. The highest BCUT2D eigenvalue weighted by molar-refractivity contribution is 6.22. The number of nitrogens with zero attached hydrogens (tertiary/aromatic N) is 1. The van der Waals surface area contributed by atoms with Crippen LogP contribution in [-0.4, -0.2) is 47.8 Å². The zero-order valence-corrected chi connectivity index (χ0v) is 16.2. The fraction of sp³-hybridized carbons (Fsp3) is 0.500. The molecule has 1 aliphatic heterocycles. The van der Waals surface area contributed by atoms with Gasteiger partial charge in [0.1, 0.15) is 6.04 Å². The summed E-state index contributed by atoms with van der Waals surface area (Å²) in [5.74, 6) is -1.87. The maximum absolute atomic E-state index is 12.7. The van der Waals surface area contributed by atoms with E-state index in [9.17, 15) is 19.2 Å². The molecule has 0 radical (unpaired) electrons. The molecule has 1 N–H and O–H groups in total. The lowest BCUT2D eigenvalue weighted by Crippen LogP contribution is -2.47. The second kappa shape index (κ2) is 8.79. The van der Waals surface area contributed by atoms with E-state index in [4.69, 9.17) is 4.74 Å². The third-order valence-electron chi connectivity index (χ3n) is 4.16. The van der Waals surface area contributed by atoms with E-state index in [2.05, 4.69) is 5.32 Å². The monoisotopic (exact) mass is 374 g/mol. The number of esters is 1. The van der Waals surface area contributed by atoms with Crippen molar-refractivity contribution in [3.8, 4) is 0 Å². The molecule has 1 aliphatic rings. The Bertz CT molecular complexity index is 707. The van der Waals surface area contributed by atoms with Gasteiger partial charge in [-0.25, -0.2) is 4.79 Å². The molecular weight excluding hydrogens is 348 g/mol. The number of imide groups is 1. The van der Waals surface area contributed by atoms with Crippen LogP contribution in [0, 0.1) is 11.8 Å². The number of nitrogens with one attached hydrogen (secondary N) is 1. The van der Waals surface area contributed by atoms with E-state index in [1.165, 1.54) is 0 Å². The molecule has 7 heteroatoms. The molecule has 1 aromatic rings. The van der Waals surface area contributed by atoms with Gasteiger partial charge in [-0.2, -0.15) is 0 Å². The third-order valence-corrected chi connectivity index (χ3v) is 4.16. The number of rotatable bonds is 8. The van der Waals surface area contributed by atoms with Crippen molar-refractivity contribution < 1.29 is 23.9 Å². The van der Waals surface area contributed by atoms with Gasteiger partial charge in [0, 0.05) is 6.54 Å². The molecule has 0 fully saturated rings. The maximum Gasteiger partial charge on any atom is 0.329 e. The molecule has 0 saturated heterocycles. The summed E-state index contributed by atoms with van der Waals surface area (Å²) in [6, 6.07) is 5.40. The number of hydrogen-bond donors (Lipinski definition) is 1. The summed E-state index contributed by atoms with van der Waals surface area (Å²) >= 11 is 0. The summed E-state index contributed by atoms with van der Waals surface area (Å²) in [6.45, 7) is 7.70. The van der Waals surface area contributed by atoms with E-state index in [1.54, 1.807) is 24.3 Å². The van der Waals surface area contributed by atoms with Gasteiger partial charge < -0.3 is 10.1 Å². The molecule has 1 heterocycles. The number of hydrogen-bond acceptors (Lipinski definition) is 5. The molecular formula is C20H26N2O5. The topological polar surface area (TPSA) is 92.8 Å². The van der Waals surface area contributed by atoms with Gasteiger partial charge in [-0.1, -0.05) is 39.8 Å². The van der Waals surface area contributed by atoms with Crippen molar-refractivity contribution in [3.63, 3.8) is 0 Å². The number of benzene rings is 1. The molecule has 1 aromatic carbocycles. The van der Waals surface area contributed by atoms with Gasteiger partial charge >= 0.3 is 5.97 Å². The molecule has 0 saturated carbocycles. The van der Waals surface area contributed by atoms with Crippen LogP contribution in [0.25, 0.3) is 0 Å². The molecule has 0 aromatic heterocycles. The zero-order chi connectivity index (χ0) is 20.1. The first-order chi connectivity index (χ1) is 12.7. The van der Waals surface area contributed by atoms with E-state index < -0.39 is 36.3 Å². The van der Waals surface area contributed by atoms with Gasteiger partial charge in [0.25, 0.3) is 17.7 Å². The minimum Gasteiger partial charge on any atom is -0.454 e. The summed E-state index contributed by atoms with van der Waals surface area (Å²) in [5.41, 5.74) is 0.553. The Labute approximate surface area is 159 Å². The number of carbonyl (C=O) groups is 4. The Balaban J connectivity index is 2.11. The minimum atomic E-state index is -1.06. The van der Waals surface area contributed by atoms with Crippen molar-refractivity contribution in [2.75, 3.05) is 13.2 Å². The summed E-state index contributed by atoms with van der Waals surface area (Å²) < 4.78 is 5.11. The van der Waals surface area contributed by atoms with Crippen LogP contribution < -0.4 is 5.32 Å². The van der Waals surface area contributed by atoms with Crippen molar-refractivity contribution in [3.05, 3.63) is 35.4 Å². The number of carbonyl (C=O) groups excluding carboxylic acids is 4. The largest absolute Gasteiger partial charge is 0.454 e. The minimum absolute atomic E-state index is 0.0432. The highest BCUT2D eigenvalue weighted by atomic mass is 16.5. The normalized spacial score (nSPS) is 14.5. The van der Waals surface area contributed by atoms with Gasteiger partial charge in [-0.3, -0.25) is 19.3 Å². The highest BCUT2D eigenvalue weighted by Crippen LogP contribution is 2.27. The quantitative estimate of drug-likeness (QED) is 0.555. The molecule has 0 unspecified atom stereocenters. The SMILES string of the molecule is CC(C)CNC(=O)COC(=O)[C@@H](CC(C)C)N1C(=O)c2ccccc2C1=O. The Morgan fingerprint density at radius 1 is 1.00 bits per heavy atom. The lowest BCUT2D eigenvalue weighted by molar-refractivity contribution is -0.152. The van der Waals surface area contributed by atoms with Crippen LogP contribution in [0.3, 0.4) is 0 Å². The zero-order valence-electron chi connectivity index (χ0n) is 16.2. The summed E-state index contributed by atoms with van der Waals surface area (Å²) in [4.78, 5) is 50.7. The number of fused-ring (bicyclic) bond motifs is 1. The third kappa shape index (κ3) is 4.93. The molecule has 27 heavy (non-hydrogen) atoms. The fourth-order valence-electron chi connectivity index (χ4n) is 2.85. The first-order valence-electron chi connectivity index (χ1n) is 9.12. The summed E-state index contributed by atoms with van der Waals surface area (Å²) in [6.07, 6.45) is 0.262. The van der Waals surface area contributed by atoms with Crippen LogP contribution >= 0.6 is 0 Å². The van der Waals surface area contributed by atoms with Crippen molar-refractivity contribution in [2.45, 2.75) is 40.2 Å². The van der Waals surface area contributed by atoms with Crippen molar-refractivity contribution >= 4 is 23.7 Å². The van der Waals surface area contributed by atoms with Gasteiger partial charge in [-0.15, -0.1) is 0 Å². The van der Waals surface area contributed by atoms with Gasteiger partial charge in [0.15, 0.2) is 6.61 Å². The fourth-order valence-corrected chi connectivity index (χ4v) is 2.85. The lowest BCUT2D eigenvalue weighted by atomic mass is 10.0. The van der Waals surface area contributed by atoms with E-state index in [0.29, 0.717) is 6.54 Å². The summed E-state index contributed by atoms with van der Waals surface area (Å²) in [5, 5.41) is 2.65. The molecule has 7 nitrogen and oxygen atoms in total. The van der Waals surface area contributed by atoms with E-state index >= 15 is 0 Å². The van der Waals surface area contributed by atoms with Crippen LogP contribution in [0.2, 0.25) is 0 Å². The molecule has 0 spiro atoms. The first-order valence-corrected chi connectivity index (χ1v) is 9.12. The Kier molecular flexibility index (Phi) is 6.71. The van der Waals surface area contributed by atoms with Gasteiger partial charge in [0.05, 0.1) is 11.1 Å². The Hall–Kier alpha value is -2.70. The smallest absolute Gasteiger partial charge is 0.329 e. The molecule has 3 amide bonds. The average molecular weight is 374 g/mol. The van der Waals surface area contributed by atoms with Crippen LogP contribution in [0.15, 0.2) is 24.3 Å². The predicted octanol–water partition coefficient (Wildman–Crippen LogP) is 2.01. The molecule has 1 atom stereocenters. The Morgan fingerprint density at radius 2 is 1.56 bits per heavy atom. The van der Waals surface area contributed by atoms with Crippen molar-refractivity contribution in [2.24, 2.45) is 11.8 Å². The molecule has 0 aliphatic carbocycles. The standard InChI is InChI=1S/C20H26N2O5/c1-12(2)9-16(20(26)27-11-17(23)21-10-13(3)4)22-18(24)14-7-5-6-8-15(14)19(22)25/h5-8,12-13,16H,9-11H2,1-4H3,(H,21,23)/t16-/m1/s1. The molecule has 146 valence electrons. The van der Waals surface area contributed by atoms with Crippen LogP contribution in [0.5, 0.6) is 0 Å². The lowest BCUT2D eigenvalue weighted by Gasteiger charge is -2.25. The predicted molar refractivity (Wildman–Crippen MR) is 99.0 cm³/mol. The molecule has 2 rings (SSSR count). The van der Waals surface area contributed by atoms with E-state index in [1.807, 2.05) is 27.7 Å². The number of ether oxygens (including phenoxy) is 1. The molecule has 0 bridgehead atoms. The van der Waals surface area contributed by atoms with Gasteiger partial charge in [-0.05, 0) is 30.4 Å². The second-order valence-electron chi connectivity index (χ2n) is 7.48. The van der Waals surface area contributed by atoms with Crippen LogP contribution in [0.4, 0.5) is 0 Å². The highest BCUT2D eigenvalue weighted by Gasteiger charge is 2.43. The Morgan fingerprint density at radius 3 is 2.04 bits per heavy atom. The van der Waals surface area contributed by atoms with Crippen LogP contribution in [0.1, 0.15) is 54.8 Å². The van der Waals surface area contributed by atoms with E-state index in [0.717, 1.165) is 4.90 Å². The van der Waals surface area contributed by atoms with Crippen LogP contribution in [-0.2, 0) is 14.3 Å².